The molecular weight excluding hydrogens is 407 g/mol. The highest BCUT2D eigenvalue weighted by Gasteiger charge is 2.48. The second-order valence-corrected chi connectivity index (χ2v) is 11.0. The van der Waals surface area contributed by atoms with Gasteiger partial charge >= 0.3 is 0 Å². The molecule has 1 spiro atoms. The lowest BCUT2D eigenvalue weighted by molar-refractivity contribution is -0.146. The second kappa shape index (κ2) is 8.55. The van der Waals surface area contributed by atoms with Gasteiger partial charge in [-0.15, -0.1) is 0 Å². The summed E-state index contributed by atoms with van der Waals surface area (Å²) in [5.41, 5.74) is 0.328. The number of carbonyl (C=O) groups excluding carboxylic acids is 1. The van der Waals surface area contributed by atoms with E-state index in [4.69, 9.17) is 4.74 Å². The van der Waals surface area contributed by atoms with Gasteiger partial charge in [-0.05, 0) is 63.1 Å². The first-order valence-electron chi connectivity index (χ1n) is 11.0. The number of rotatable bonds is 6. The van der Waals surface area contributed by atoms with Crippen molar-refractivity contribution in [1.29, 1.82) is 0 Å². The quantitative estimate of drug-likeness (QED) is 0.685. The summed E-state index contributed by atoms with van der Waals surface area (Å²) in [7, 11) is -3.23. The van der Waals surface area contributed by atoms with Crippen LogP contribution in [-0.2, 0) is 26.0 Å². The molecule has 0 radical (unpaired) electrons. The Morgan fingerprint density at radius 3 is 2.60 bits per heavy atom. The van der Waals surface area contributed by atoms with Gasteiger partial charge in [-0.3, -0.25) is 4.79 Å². The van der Waals surface area contributed by atoms with E-state index in [1.165, 1.54) is 12.1 Å². The number of nitrogens with zero attached hydrogens (tertiary/aromatic N) is 2. The smallest absolute Gasteiger partial charge is 0.226 e. The van der Waals surface area contributed by atoms with Crippen LogP contribution in [0.2, 0.25) is 0 Å². The van der Waals surface area contributed by atoms with Gasteiger partial charge < -0.3 is 9.64 Å². The highest BCUT2D eigenvalue weighted by Crippen LogP contribution is 2.41. The predicted molar refractivity (Wildman–Crippen MR) is 112 cm³/mol. The molecule has 3 aliphatic rings. The van der Waals surface area contributed by atoms with Gasteiger partial charge in [-0.1, -0.05) is 12.1 Å². The number of amides is 1. The summed E-state index contributed by atoms with van der Waals surface area (Å²) in [6.07, 6.45) is 4.96. The largest absolute Gasteiger partial charge is 0.375 e. The lowest BCUT2D eigenvalue weighted by Gasteiger charge is -2.48. The molecule has 1 unspecified atom stereocenters. The number of halogens is 1. The zero-order valence-electron chi connectivity index (χ0n) is 17.6. The van der Waals surface area contributed by atoms with Crippen molar-refractivity contribution in [2.75, 3.05) is 25.4 Å². The molecule has 1 atom stereocenters. The molecule has 2 saturated heterocycles. The Labute approximate surface area is 178 Å². The molecule has 1 aliphatic carbocycles. The topological polar surface area (TPSA) is 66.9 Å². The summed E-state index contributed by atoms with van der Waals surface area (Å²) >= 11 is 0. The highest BCUT2D eigenvalue weighted by atomic mass is 32.2. The van der Waals surface area contributed by atoms with Crippen LogP contribution in [0.1, 0.15) is 51.0 Å². The summed E-state index contributed by atoms with van der Waals surface area (Å²) in [5.74, 6) is -0.200. The third-order valence-corrected chi connectivity index (χ3v) is 8.66. The fraction of sp³-hybridized carbons (Fsp3) is 0.682. The summed E-state index contributed by atoms with van der Waals surface area (Å²) < 4.78 is 46.7. The van der Waals surface area contributed by atoms with Crippen molar-refractivity contribution in [2.24, 2.45) is 0 Å². The number of likely N-dealkylation sites (tertiary alicyclic amines) is 1. The Kier molecular flexibility index (Phi) is 6.19. The molecule has 1 aromatic carbocycles. The number of sulfonamides is 1. The molecule has 8 heteroatoms. The predicted octanol–water partition coefficient (Wildman–Crippen LogP) is 2.72. The maximum absolute atomic E-state index is 13.4. The highest BCUT2D eigenvalue weighted by molar-refractivity contribution is 7.89. The summed E-state index contributed by atoms with van der Waals surface area (Å²) in [6, 6.07) is 6.31. The van der Waals surface area contributed by atoms with Crippen LogP contribution in [0, 0.1) is 5.82 Å². The van der Waals surface area contributed by atoms with Crippen molar-refractivity contribution in [1.82, 2.24) is 9.21 Å². The number of piperidine rings is 1. The van der Waals surface area contributed by atoms with Gasteiger partial charge in [0, 0.05) is 31.8 Å². The minimum atomic E-state index is -3.23. The van der Waals surface area contributed by atoms with Crippen LogP contribution in [0.3, 0.4) is 0 Å². The van der Waals surface area contributed by atoms with Crippen molar-refractivity contribution in [3.05, 3.63) is 35.6 Å². The standard InChI is InChI=1S/C22H31FN2O4S/c1-2-30(27,28)25(19-6-7-19)20-8-13-29-22(16-20)9-11-24(12-10-22)21(26)15-17-4-3-5-18(23)14-17/h3-5,14,19-20H,2,6-13,15-16H2,1H3. The van der Waals surface area contributed by atoms with Gasteiger partial charge in [0.05, 0.1) is 17.8 Å². The monoisotopic (exact) mass is 438 g/mol. The normalized spacial score (nSPS) is 24.4. The van der Waals surface area contributed by atoms with E-state index in [0.717, 1.165) is 19.3 Å². The van der Waals surface area contributed by atoms with Gasteiger partial charge in [0.25, 0.3) is 0 Å². The average Bonchev–Trinajstić information content (AvgIpc) is 3.53. The SMILES string of the molecule is CCS(=O)(=O)N(C1CC1)C1CCOC2(CCN(C(=O)Cc3cccc(F)c3)CC2)C1. The third kappa shape index (κ3) is 4.70. The van der Waals surface area contributed by atoms with E-state index in [0.29, 0.717) is 44.5 Å². The molecule has 0 bridgehead atoms. The molecule has 3 fully saturated rings. The molecule has 1 amide bonds. The van der Waals surface area contributed by atoms with Gasteiger partial charge in [0.1, 0.15) is 5.82 Å². The Balaban J connectivity index is 1.38. The van der Waals surface area contributed by atoms with Crippen LogP contribution in [0.25, 0.3) is 0 Å². The fourth-order valence-corrected chi connectivity index (χ4v) is 6.49. The first kappa shape index (κ1) is 21.7. The minimum absolute atomic E-state index is 0.00372. The lowest BCUT2D eigenvalue weighted by Crippen LogP contribution is -2.56. The lowest BCUT2D eigenvalue weighted by atomic mass is 9.82. The minimum Gasteiger partial charge on any atom is -0.375 e. The van der Waals surface area contributed by atoms with E-state index in [9.17, 15) is 17.6 Å². The molecule has 0 aromatic heterocycles. The number of benzene rings is 1. The van der Waals surface area contributed by atoms with E-state index >= 15 is 0 Å². The number of hydrogen-bond donors (Lipinski definition) is 0. The molecule has 1 aromatic rings. The van der Waals surface area contributed by atoms with Crippen LogP contribution in [0.5, 0.6) is 0 Å². The molecule has 30 heavy (non-hydrogen) atoms. The second-order valence-electron chi connectivity index (χ2n) is 8.83. The van der Waals surface area contributed by atoms with Crippen LogP contribution in [-0.4, -0.2) is 66.7 Å². The van der Waals surface area contributed by atoms with Crippen molar-refractivity contribution < 1.29 is 22.3 Å². The number of carbonyl (C=O) groups is 1. The molecule has 166 valence electrons. The van der Waals surface area contributed by atoms with Gasteiger partial charge in [-0.25, -0.2) is 12.8 Å². The fourth-order valence-electron chi connectivity index (χ4n) is 4.90. The van der Waals surface area contributed by atoms with Gasteiger partial charge in [0.15, 0.2) is 0 Å². The van der Waals surface area contributed by atoms with Crippen LogP contribution in [0.15, 0.2) is 24.3 Å². The molecule has 2 heterocycles. The molecule has 0 N–H and O–H groups in total. The van der Waals surface area contributed by atoms with E-state index < -0.39 is 10.0 Å². The Morgan fingerprint density at radius 2 is 1.97 bits per heavy atom. The van der Waals surface area contributed by atoms with Crippen molar-refractivity contribution in [3.63, 3.8) is 0 Å². The Hall–Kier alpha value is -1.51. The molecule has 2 aliphatic heterocycles. The first-order valence-corrected chi connectivity index (χ1v) is 12.6. The Bertz CT molecular complexity index is 879. The molecule has 4 rings (SSSR count). The van der Waals surface area contributed by atoms with E-state index in [2.05, 4.69) is 0 Å². The van der Waals surface area contributed by atoms with E-state index in [-0.39, 0.29) is 41.6 Å². The van der Waals surface area contributed by atoms with Crippen molar-refractivity contribution in [2.45, 2.75) is 69.6 Å². The maximum atomic E-state index is 13.4. The molecule has 1 saturated carbocycles. The average molecular weight is 439 g/mol. The summed E-state index contributed by atoms with van der Waals surface area (Å²) in [6.45, 7) is 3.45. The van der Waals surface area contributed by atoms with Gasteiger partial charge in [0.2, 0.25) is 15.9 Å². The molecular formula is C22H31FN2O4S. The van der Waals surface area contributed by atoms with Crippen molar-refractivity contribution >= 4 is 15.9 Å². The van der Waals surface area contributed by atoms with E-state index in [1.54, 1.807) is 23.4 Å². The summed E-state index contributed by atoms with van der Waals surface area (Å²) in [4.78, 5) is 14.5. The zero-order valence-corrected chi connectivity index (χ0v) is 18.4. The molecule has 6 nitrogen and oxygen atoms in total. The summed E-state index contributed by atoms with van der Waals surface area (Å²) in [5, 5.41) is 0. The number of hydrogen-bond acceptors (Lipinski definition) is 4. The maximum Gasteiger partial charge on any atom is 0.226 e. The van der Waals surface area contributed by atoms with Crippen molar-refractivity contribution in [3.8, 4) is 0 Å². The Morgan fingerprint density at radius 1 is 1.23 bits per heavy atom. The number of ether oxygens (including phenoxy) is 1. The van der Waals surface area contributed by atoms with Crippen LogP contribution < -0.4 is 0 Å². The van der Waals surface area contributed by atoms with E-state index in [1.807, 2.05) is 4.90 Å². The van der Waals surface area contributed by atoms with Crippen LogP contribution in [0.4, 0.5) is 4.39 Å². The third-order valence-electron chi connectivity index (χ3n) is 6.69. The van der Waals surface area contributed by atoms with Crippen LogP contribution >= 0.6 is 0 Å². The first-order chi connectivity index (χ1) is 14.3. The zero-order chi connectivity index (χ0) is 21.4. The van der Waals surface area contributed by atoms with Gasteiger partial charge in [-0.2, -0.15) is 4.31 Å².